The first-order valence-electron chi connectivity index (χ1n) is 5.43. The summed E-state index contributed by atoms with van der Waals surface area (Å²) in [4.78, 5) is 9.97. The molecule has 96 valence electrons. The molecule has 0 spiro atoms. The molecule has 0 unspecified atom stereocenters. The molecule has 0 aromatic carbocycles. The molecule has 8 nitrogen and oxygen atoms in total. The minimum atomic E-state index is -0.515. The highest BCUT2D eigenvalue weighted by Gasteiger charge is 2.11. The Balaban J connectivity index is 2.06. The Bertz CT molecular complexity index is 613. The van der Waals surface area contributed by atoms with Crippen molar-refractivity contribution in [3.05, 3.63) is 33.0 Å². The Morgan fingerprint density at radius 1 is 1.61 bits per heavy atom. The fraction of sp³-hybridized carbons (Fsp3) is 0.444. The topological polar surface area (TPSA) is 94.6 Å². The number of hydrogen-bond donors (Lipinski definition) is 1. The van der Waals surface area contributed by atoms with Gasteiger partial charge in [-0.25, -0.2) is 0 Å². The fourth-order valence-electron chi connectivity index (χ4n) is 1.65. The minimum absolute atomic E-state index is 0.149. The normalized spacial score (nSPS) is 10.7. The van der Waals surface area contributed by atoms with Crippen LogP contribution in [0.3, 0.4) is 0 Å². The SMILES string of the molecule is CCn1c(CCn2ccc([N+](=O)[O-])n2)n[nH]c1=S. The van der Waals surface area contributed by atoms with Crippen molar-refractivity contribution in [3.63, 3.8) is 0 Å². The predicted molar refractivity (Wildman–Crippen MR) is 65.7 cm³/mol. The van der Waals surface area contributed by atoms with Crippen LogP contribution in [-0.2, 0) is 19.5 Å². The molecule has 0 fully saturated rings. The maximum absolute atomic E-state index is 10.5. The van der Waals surface area contributed by atoms with Gasteiger partial charge >= 0.3 is 5.82 Å². The Morgan fingerprint density at radius 3 is 3.00 bits per heavy atom. The van der Waals surface area contributed by atoms with Crippen LogP contribution in [-0.4, -0.2) is 29.5 Å². The van der Waals surface area contributed by atoms with Gasteiger partial charge in [0.25, 0.3) is 0 Å². The second-order valence-electron chi connectivity index (χ2n) is 3.63. The van der Waals surface area contributed by atoms with Crippen molar-refractivity contribution >= 4 is 18.0 Å². The Labute approximate surface area is 107 Å². The van der Waals surface area contributed by atoms with E-state index in [0.29, 0.717) is 17.7 Å². The van der Waals surface area contributed by atoms with Gasteiger partial charge in [-0.2, -0.15) is 9.78 Å². The lowest BCUT2D eigenvalue weighted by molar-refractivity contribution is -0.389. The van der Waals surface area contributed by atoms with Crippen LogP contribution in [0.1, 0.15) is 12.7 Å². The van der Waals surface area contributed by atoms with E-state index < -0.39 is 4.92 Å². The van der Waals surface area contributed by atoms with E-state index in [1.54, 1.807) is 6.20 Å². The zero-order chi connectivity index (χ0) is 13.1. The summed E-state index contributed by atoms with van der Waals surface area (Å²) in [6.07, 6.45) is 2.19. The lowest BCUT2D eigenvalue weighted by Crippen LogP contribution is -2.08. The summed E-state index contributed by atoms with van der Waals surface area (Å²) in [5, 5.41) is 21.2. The van der Waals surface area contributed by atoms with Gasteiger partial charge in [-0.3, -0.25) is 5.10 Å². The van der Waals surface area contributed by atoms with Crippen molar-refractivity contribution < 1.29 is 4.92 Å². The molecule has 0 saturated carbocycles. The molecule has 0 aliphatic carbocycles. The number of nitro groups is 1. The van der Waals surface area contributed by atoms with Gasteiger partial charge in [-0.1, -0.05) is 0 Å². The number of aromatic amines is 1. The largest absolute Gasteiger partial charge is 0.389 e. The third kappa shape index (κ3) is 2.45. The highest BCUT2D eigenvalue weighted by Crippen LogP contribution is 2.06. The molecule has 2 rings (SSSR count). The summed E-state index contributed by atoms with van der Waals surface area (Å²) in [5.41, 5.74) is 0. The van der Waals surface area contributed by atoms with Gasteiger partial charge in [0.05, 0.1) is 23.9 Å². The zero-order valence-corrected chi connectivity index (χ0v) is 10.6. The summed E-state index contributed by atoms with van der Waals surface area (Å²) < 4.78 is 3.99. The highest BCUT2D eigenvalue weighted by molar-refractivity contribution is 7.71. The maximum Gasteiger partial charge on any atom is 0.389 e. The average Bonchev–Trinajstić information content (AvgIpc) is 2.93. The van der Waals surface area contributed by atoms with Crippen LogP contribution >= 0.6 is 12.2 Å². The number of H-pyrrole nitrogens is 1. The summed E-state index contributed by atoms with van der Waals surface area (Å²) in [6.45, 7) is 3.24. The van der Waals surface area contributed by atoms with Crippen molar-refractivity contribution in [2.75, 3.05) is 0 Å². The van der Waals surface area contributed by atoms with Crippen molar-refractivity contribution in [1.29, 1.82) is 0 Å². The molecular weight excluding hydrogens is 256 g/mol. The number of aromatic nitrogens is 5. The van der Waals surface area contributed by atoms with Crippen molar-refractivity contribution in [3.8, 4) is 0 Å². The molecule has 0 bridgehead atoms. The molecule has 1 N–H and O–H groups in total. The van der Waals surface area contributed by atoms with Gasteiger partial charge in [0, 0.05) is 13.0 Å². The molecule has 0 radical (unpaired) electrons. The van der Waals surface area contributed by atoms with Crippen LogP contribution in [0.15, 0.2) is 12.3 Å². The summed E-state index contributed by atoms with van der Waals surface area (Å²) >= 11 is 5.07. The average molecular weight is 268 g/mol. The van der Waals surface area contributed by atoms with Gasteiger partial charge in [-0.15, -0.1) is 0 Å². The molecule has 0 aliphatic heterocycles. The quantitative estimate of drug-likeness (QED) is 0.501. The summed E-state index contributed by atoms with van der Waals surface area (Å²) in [6, 6.07) is 1.37. The minimum Gasteiger partial charge on any atom is -0.358 e. The maximum atomic E-state index is 10.5. The number of nitrogens with one attached hydrogen (secondary N) is 1. The van der Waals surface area contributed by atoms with E-state index in [4.69, 9.17) is 12.2 Å². The van der Waals surface area contributed by atoms with Gasteiger partial charge in [0.15, 0.2) is 4.77 Å². The van der Waals surface area contributed by atoms with Gasteiger partial charge in [0.1, 0.15) is 5.82 Å². The van der Waals surface area contributed by atoms with Crippen LogP contribution < -0.4 is 0 Å². The zero-order valence-electron chi connectivity index (χ0n) is 9.74. The highest BCUT2D eigenvalue weighted by atomic mass is 32.1. The molecular formula is C9H12N6O2S. The monoisotopic (exact) mass is 268 g/mol. The van der Waals surface area contributed by atoms with E-state index in [-0.39, 0.29) is 5.82 Å². The van der Waals surface area contributed by atoms with Crippen LogP contribution in [0.4, 0.5) is 5.82 Å². The molecule has 9 heteroatoms. The number of nitrogens with zero attached hydrogens (tertiary/aromatic N) is 5. The third-order valence-electron chi connectivity index (χ3n) is 2.53. The predicted octanol–water partition coefficient (Wildman–Crippen LogP) is 1.31. The van der Waals surface area contributed by atoms with Crippen molar-refractivity contribution in [1.82, 2.24) is 24.5 Å². The lowest BCUT2D eigenvalue weighted by atomic mass is 10.4. The second-order valence-corrected chi connectivity index (χ2v) is 4.02. The van der Waals surface area contributed by atoms with Crippen LogP contribution in [0, 0.1) is 14.9 Å². The Morgan fingerprint density at radius 2 is 2.39 bits per heavy atom. The van der Waals surface area contributed by atoms with Crippen LogP contribution in [0.2, 0.25) is 0 Å². The van der Waals surface area contributed by atoms with Crippen molar-refractivity contribution in [2.45, 2.75) is 26.4 Å². The first kappa shape index (κ1) is 12.4. The van der Waals surface area contributed by atoms with Crippen LogP contribution in [0.5, 0.6) is 0 Å². The van der Waals surface area contributed by atoms with Crippen LogP contribution in [0.25, 0.3) is 0 Å². The van der Waals surface area contributed by atoms with Crippen molar-refractivity contribution in [2.24, 2.45) is 0 Å². The Hall–Kier alpha value is -2.03. The number of rotatable bonds is 5. The van der Waals surface area contributed by atoms with E-state index in [0.717, 1.165) is 12.4 Å². The van der Waals surface area contributed by atoms with E-state index >= 15 is 0 Å². The molecule has 2 aromatic rings. The lowest BCUT2D eigenvalue weighted by Gasteiger charge is -2.01. The fourth-order valence-corrected chi connectivity index (χ4v) is 1.93. The smallest absolute Gasteiger partial charge is 0.358 e. The van der Waals surface area contributed by atoms with Gasteiger partial charge in [-0.05, 0) is 24.1 Å². The van der Waals surface area contributed by atoms with E-state index in [2.05, 4.69) is 15.3 Å². The van der Waals surface area contributed by atoms with E-state index in [1.807, 2.05) is 11.5 Å². The Kier molecular flexibility index (Phi) is 3.51. The molecule has 2 aromatic heterocycles. The molecule has 0 saturated heterocycles. The van der Waals surface area contributed by atoms with Gasteiger partial charge < -0.3 is 14.7 Å². The standard InChI is InChI=1S/C9H12N6O2S/c1-2-14-7(10-11-9(14)18)3-5-13-6-4-8(12-13)15(16)17/h4,6H,2-3,5H2,1H3,(H,11,18). The number of aryl methyl sites for hydroxylation is 2. The second kappa shape index (κ2) is 5.08. The molecule has 0 aliphatic rings. The molecule has 2 heterocycles. The summed E-state index contributed by atoms with van der Waals surface area (Å²) in [7, 11) is 0. The van der Waals surface area contributed by atoms with E-state index in [1.165, 1.54) is 10.7 Å². The first-order chi connectivity index (χ1) is 8.61. The number of hydrogen-bond acceptors (Lipinski definition) is 5. The molecule has 0 atom stereocenters. The van der Waals surface area contributed by atoms with E-state index in [9.17, 15) is 10.1 Å². The van der Waals surface area contributed by atoms with Gasteiger partial charge in [0.2, 0.25) is 0 Å². The summed E-state index contributed by atoms with van der Waals surface area (Å²) in [5.74, 6) is 0.671. The molecule has 18 heavy (non-hydrogen) atoms. The third-order valence-corrected chi connectivity index (χ3v) is 2.84. The molecule has 0 amide bonds. The first-order valence-corrected chi connectivity index (χ1v) is 5.84.